The molecule has 0 aliphatic heterocycles. The number of nitrogens with one attached hydrogen (secondary N) is 1. The Morgan fingerprint density at radius 2 is 1.85 bits per heavy atom. The summed E-state index contributed by atoms with van der Waals surface area (Å²) < 4.78 is 19.2. The maximum absolute atomic E-state index is 13.6. The Morgan fingerprint density at radius 3 is 2.45 bits per heavy atom. The Morgan fingerprint density at radius 1 is 1.15 bits per heavy atom. The molecule has 0 saturated heterocycles. The molecule has 1 unspecified atom stereocenters. The fraction of sp³-hybridized carbons (Fsp3) is 0.294. The molecular weight excluding hydrogens is 253 g/mol. The summed E-state index contributed by atoms with van der Waals surface area (Å²) in [5, 5.41) is 3.25. The lowest BCUT2D eigenvalue weighted by Gasteiger charge is -2.15. The molecule has 0 fully saturated rings. The van der Waals surface area contributed by atoms with Gasteiger partial charge < -0.3 is 10.1 Å². The van der Waals surface area contributed by atoms with E-state index in [2.05, 4.69) is 12.2 Å². The Balaban J connectivity index is 2.16. The Kier molecular flexibility index (Phi) is 4.74. The quantitative estimate of drug-likeness (QED) is 0.859. The molecule has 0 amide bonds. The molecule has 2 aromatic rings. The summed E-state index contributed by atoms with van der Waals surface area (Å²) in [6, 6.07) is 12.9. The van der Waals surface area contributed by atoms with Crippen LogP contribution in [0.15, 0.2) is 42.5 Å². The molecule has 106 valence electrons. The molecule has 0 aliphatic carbocycles. The number of aryl methyl sites for hydroxylation is 1. The van der Waals surface area contributed by atoms with Crippen LogP contribution in [0.1, 0.15) is 30.5 Å². The van der Waals surface area contributed by atoms with E-state index in [0.717, 1.165) is 12.0 Å². The standard InChI is InChI=1S/C17H20FNO/c1-4-16(19-3)13-6-8-14(9-7-13)20-17-11-12(2)5-10-15(17)18/h5-11,16,19H,4H2,1-3H3. The molecule has 2 aromatic carbocycles. The lowest BCUT2D eigenvalue weighted by molar-refractivity contribution is 0.441. The minimum atomic E-state index is -0.346. The molecule has 2 rings (SSSR count). The van der Waals surface area contributed by atoms with Gasteiger partial charge in [-0.1, -0.05) is 25.1 Å². The predicted octanol–water partition coefficient (Wildman–Crippen LogP) is 4.60. The van der Waals surface area contributed by atoms with Crippen LogP contribution in [-0.4, -0.2) is 7.05 Å². The van der Waals surface area contributed by atoms with Crippen LogP contribution in [0.25, 0.3) is 0 Å². The largest absolute Gasteiger partial charge is 0.454 e. The van der Waals surface area contributed by atoms with E-state index in [-0.39, 0.29) is 11.6 Å². The Bertz CT molecular complexity index is 562. The van der Waals surface area contributed by atoms with Crippen molar-refractivity contribution in [3.8, 4) is 11.5 Å². The highest BCUT2D eigenvalue weighted by atomic mass is 19.1. The minimum absolute atomic E-state index is 0.262. The van der Waals surface area contributed by atoms with Gasteiger partial charge in [0.05, 0.1) is 0 Å². The summed E-state index contributed by atoms with van der Waals surface area (Å²) >= 11 is 0. The first-order valence-electron chi connectivity index (χ1n) is 6.85. The molecule has 2 nitrogen and oxygen atoms in total. The third kappa shape index (κ3) is 3.36. The van der Waals surface area contributed by atoms with E-state index >= 15 is 0 Å². The monoisotopic (exact) mass is 273 g/mol. The van der Waals surface area contributed by atoms with Gasteiger partial charge in [0.1, 0.15) is 5.75 Å². The summed E-state index contributed by atoms with van der Waals surface area (Å²) in [5.74, 6) is 0.559. The van der Waals surface area contributed by atoms with Crippen LogP contribution in [0.4, 0.5) is 4.39 Å². The highest BCUT2D eigenvalue weighted by Crippen LogP contribution is 2.27. The average Bonchev–Trinajstić information content (AvgIpc) is 2.46. The van der Waals surface area contributed by atoms with Gasteiger partial charge in [0.2, 0.25) is 0 Å². The summed E-state index contributed by atoms with van der Waals surface area (Å²) in [6.45, 7) is 4.04. The van der Waals surface area contributed by atoms with Crippen molar-refractivity contribution in [2.75, 3.05) is 7.05 Å². The van der Waals surface area contributed by atoms with Gasteiger partial charge in [-0.25, -0.2) is 4.39 Å². The van der Waals surface area contributed by atoms with Crippen molar-refractivity contribution in [2.24, 2.45) is 0 Å². The van der Waals surface area contributed by atoms with Gasteiger partial charge in [-0.2, -0.15) is 0 Å². The van der Waals surface area contributed by atoms with E-state index in [1.54, 1.807) is 12.1 Å². The number of hydrogen-bond donors (Lipinski definition) is 1. The summed E-state index contributed by atoms with van der Waals surface area (Å²) in [5.41, 5.74) is 2.17. The zero-order chi connectivity index (χ0) is 14.5. The van der Waals surface area contributed by atoms with Gasteiger partial charge >= 0.3 is 0 Å². The fourth-order valence-corrected chi connectivity index (χ4v) is 2.19. The first-order chi connectivity index (χ1) is 9.63. The molecule has 0 heterocycles. The van der Waals surface area contributed by atoms with Crippen molar-refractivity contribution in [3.05, 3.63) is 59.4 Å². The van der Waals surface area contributed by atoms with Gasteiger partial charge in [0.15, 0.2) is 11.6 Å². The number of hydrogen-bond acceptors (Lipinski definition) is 2. The van der Waals surface area contributed by atoms with Gasteiger partial charge in [0, 0.05) is 6.04 Å². The lowest BCUT2D eigenvalue weighted by atomic mass is 10.0. The Hall–Kier alpha value is -1.87. The van der Waals surface area contributed by atoms with E-state index in [4.69, 9.17) is 4.74 Å². The third-order valence-electron chi connectivity index (χ3n) is 3.35. The second-order valence-corrected chi connectivity index (χ2v) is 4.85. The van der Waals surface area contributed by atoms with Gasteiger partial charge in [0.25, 0.3) is 0 Å². The van der Waals surface area contributed by atoms with Crippen LogP contribution >= 0.6 is 0 Å². The van der Waals surface area contributed by atoms with Crippen LogP contribution in [-0.2, 0) is 0 Å². The maximum Gasteiger partial charge on any atom is 0.165 e. The van der Waals surface area contributed by atoms with Crippen LogP contribution < -0.4 is 10.1 Å². The smallest absolute Gasteiger partial charge is 0.165 e. The number of ether oxygens (including phenoxy) is 1. The second kappa shape index (κ2) is 6.53. The molecule has 0 bridgehead atoms. The highest BCUT2D eigenvalue weighted by Gasteiger charge is 2.08. The second-order valence-electron chi connectivity index (χ2n) is 4.85. The SMILES string of the molecule is CCC(NC)c1ccc(Oc2cc(C)ccc2F)cc1. The maximum atomic E-state index is 13.6. The van der Waals surface area contributed by atoms with Gasteiger partial charge in [-0.15, -0.1) is 0 Å². The summed E-state index contributed by atoms with van der Waals surface area (Å²) in [4.78, 5) is 0. The predicted molar refractivity (Wildman–Crippen MR) is 79.7 cm³/mol. The molecule has 20 heavy (non-hydrogen) atoms. The van der Waals surface area contributed by atoms with Crippen molar-refractivity contribution in [3.63, 3.8) is 0 Å². The zero-order valence-corrected chi connectivity index (χ0v) is 12.1. The van der Waals surface area contributed by atoms with E-state index < -0.39 is 0 Å². The third-order valence-corrected chi connectivity index (χ3v) is 3.35. The molecule has 1 atom stereocenters. The van der Waals surface area contributed by atoms with E-state index in [1.165, 1.54) is 11.6 Å². The van der Waals surface area contributed by atoms with Crippen LogP contribution in [0.2, 0.25) is 0 Å². The number of benzene rings is 2. The number of halogens is 1. The topological polar surface area (TPSA) is 21.3 Å². The highest BCUT2D eigenvalue weighted by molar-refractivity contribution is 5.36. The molecular formula is C17H20FNO. The molecule has 1 N–H and O–H groups in total. The first-order valence-corrected chi connectivity index (χ1v) is 6.85. The lowest BCUT2D eigenvalue weighted by Crippen LogP contribution is -2.14. The molecule has 0 spiro atoms. The zero-order valence-electron chi connectivity index (χ0n) is 12.1. The average molecular weight is 273 g/mol. The van der Waals surface area contributed by atoms with Crippen LogP contribution in [0, 0.1) is 12.7 Å². The summed E-state index contributed by atoms with van der Waals surface area (Å²) in [6.07, 6.45) is 1.02. The van der Waals surface area contributed by atoms with E-state index in [9.17, 15) is 4.39 Å². The van der Waals surface area contributed by atoms with Crippen molar-refractivity contribution in [2.45, 2.75) is 26.3 Å². The molecule has 0 aromatic heterocycles. The molecule has 3 heteroatoms. The van der Waals surface area contributed by atoms with E-state index in [0.29, 0.717) is 11.8 Å². The van der Waals surface area contributed by atoms with Crippen molar-refractivity contribution < 1.29 is 9.13 Å². The van der Waals surface area contributed by atoms with Gasteiger partial charge in [-0.3, -0.25) is 0 Å². The number of rotatable bonds is 5. The molecule has 0 radical (unpaired) electrons. The summed E-state index contributed by atoms with van der Waals surface area (Å²) in [7, 11) is 1.95. The fourth-order valence-electron chi connectivity index (χ4n) is 2.19. The van der Waals surface area contributed by atoms with Crippen LogP contribution in [0.5, 0.6) is 11.5 Å². The van der Waals surface area contributed by atoms with Crippen LogP contribution in [0.3, 0.4) is 0 Å². The Labute approximate surface area is 119 Å². The van der Waals surface area contributed by atoms with Crippen molar-refractivity contribution in [1.29, 1.82) is 0 Å². The van der Waals surface area contributed by atoms with E-state index in [1.807, 2.05) is 38.2 Å². The first kappa shape index (κ1) is 14.5. The molecule has 0 aliphatic rings. The minimum Gasteiger partial charge on any atom is -0.454 e. The van der Waals surface area contributed by atoms with Gasteiger partial charge in [-0.05, 0) is 55.8 Å². The molecule has 0 saturated carbocycles. The van der Waals surface area contributed by atoms with Crippen molar-refractivity contribution >= 4 is 0 Å². The van der Waals surface area contributed by atoms with Crippen molar-refractivity contribution in [1.82, 2.24) is 5.32 Å². The normalized spacial score (nSPS) is 12.2.